The standard InChI is InChI=1S/C22H25ClFN7S/c1-29-8-10-30(11-9-29)17-4-2-16(3-5-17)27-21-25-12-18(23)20(28-21)19-13-26-22(32-19)31-7-6-15(24)14-31/h2-5,12-13,15H,6-11,14H2,1H3,(H,25,27,28). The van der Waals surface area contributed by atoms with E-state index in [1.165, 1.54) is 17.0 Å². The van der Waals surface area contributed by atoms with Crippen LogP contribution in [0.5, 0.6) is 0 Å². The van der Waals surface area contributed by atoms with Gasteiger partial charge in [0.2, 0.25) is 5.95 Å². The number of likely N-dealkylation sites (N-methyl/N-ethyl adjacent to an activating group) is 1. The fraction of sp³-hybridized carbons (Fsp3) is 0.409. The first-order valence-electron chi connectivity index (χ1n) is 10.7. The van der Waals surface area contributed by atoms with Gasteiger partial charge >= 0.3 is 0 Å². The normalized spacial score (nSPS) is 19.5. The Bertz CT molecular complexity index is 1070. The van der Waals surface area contributed by atoms with Gasteiger partial charge < -0.3 is 20.0 Å². The fourth-order valence-corrected chi connectivity index (χ4v) is 5.17. The number of hydrogen-bond donors (Lipinski definition) is 1. The molecule has 1 unspecified atom stereocenters. The van der Waals surface area contributed by atoms with Crippen molar-refractivity contribution in [3.8, 4) is 10.6 Å². The molecule has 2 aliphatic rings. The average molecular weight is 474 g/mol. The number of benzene rings is 1. The third-order valence-electron chi connectivity index (χ3n) is 5.86. The van der Waals surface area contributed by atoms with E-state index in [0.717, 1.165) is 41.9 Å². The number of hydrogen-bond acceptors (Lipinski definition) is 8. The molecule has 0 bridgehead atoms. The smallest absolute Gasteiger partial charge is 0.227 e. The molecule has 0 radical (unpaired) electrons. The first-order chi connectivity index (χ1) is 15.5. The van der Waals surface area contributed by atoms with E-state index >= 15 is 0 Å². The van der Waals surface area contributed by atoms with Crippen LogP contribution in [-0.2, 0) is 0 Å². The van der Waals surface area contributed by atoms with Crippen molar-refractivity contribution < 1.29 is 4.39 Å². The van der Waals surface area contributed by atoms with Crippen LogP contribution < -0.4 is 15.1 Å². The zero-order valence-corrected chi connectivity index (χ0v) is 19.4. The van der Waals surface area contributed by atoms with E-state index in [0.29, 0.717) is 36.2 Å². The van der Waals surface area contributed by atoms with Gasteiger partial charge in [-0.3, -0.25) is 0 Å². The minimum atomic E-state index is -0.788. The van der Waals surface area contributed by atoms with E-state index in [9.17, 15) is 4.39 Å². The van der Waals surface area contributed by atoms with Crippen molar-refractivity contribution in [1.82, 2.24) is 19.9 Å². The molecule has 3 aromatic rings. The number of aromatic nitrogens is 3. The zero-order chi connectivity index (χ0) is 22.1. The largest absolute Gasteiger partial charge is 0.369 e. The van der Waals surface area contributed by atoms with Crippen LogP contribution in [0.25, 0.3) is 10.6 Å². The second-order valence-corrected chi connectivity index (χ2v) is 9.61. The highest BCUT2D eigenvalue weighted by molar-refractivity contribution is 7.18. The number of rotatable bonds is 5. The Morgan fingerprint density at radius 3 is 2.53 bits per heavy atom. The van der Waals surface area contributed by atoms with Crippen molar-refractivity contribution in [2.75, 3.05) is 61.4 Å². The van der Waals surface area contributed by atoms with E-state index in [4.69, 9.17) is 11.6 Å². The number of anilines is 4. The number of nitrogens with zero attached hydrogens (tertiary/aromatic N) is 6. The quantitative estimate of drug-likeness (QED) is 0.592. The molecule has 2 saturated heterocycles. The lowest BCUT2D eigenvalue weighted by molar-refractivity contribution is 0.313. The second-order valence-electron chi connectivity index (χ2n) is 8.19. The maximum atomic E-state index is 13.5. The predicted octanol–water partition coefficient (Wildman–Crippen LogP) is 4.30. The lowest BCUT2D eigenvalue weighted by Gasteiger charge is -2.34. The molecule has 0 saturated carbocycles. The highest BCUT2D eigenvalue weighted by atomic mass is 35.5. The summed E-state index contributed by atoms with van der Waals surface area (Å²) in [5.41, 5.74) is 2.75. The van der Waals surface area contributed by atoms with E-state index in [2.05, 4.69) is 49.2 Å². The maximum absolute atomic E-state index is 13.5. The molecule has 0 amide bonds. The van der Waals surface area contributed by atoms with Crippen molar-refractivity contribution in [2.24, 2.45) is 0 Å². The van der Waals surface area contributed by atoms with E-state index in [1.807, 2.05) is 17.0 Å². The summed E-state index contributed by atoms with van der Waals surface area (Å²) in [6.07, 6.45) is 3.10. The van der Waals surface area contributed by atoms with E-state index in [1.54, 1.807) is 12.4 Å². The Morgan fingerprint density at radius 2 is 1.81 bits per heavy atom. The van der Waals surface area contributed by atoms with Crippen LogP contribution in [0.4, 0.5) is 26.8 Å². The van der Waals surface area contributed by atoms with Gasteiger partial charge in [0.15, 0.2) is 5.13 Å². The fourth-order valence-electron chi connectivity index (χ4n) is 3.96. The summed E-state index contributed by atoms with van der Waals surface area (Å²) in [5.74, 6) is 0.469. The molecule has 0 spiro atoms. The highest BCUT2D eigenvalue weighted by Gasteiger charge is 2.24. The van der Waals surface area contributed by atoms with Gasteiger partial charge in [-0.05, 0) is 37.7 Å². The minimum absolute atomic E-state index is 0.390. The number of halogens is 2. The van der Waals surface area contributed by atoms with E-state index < -0.39 is 6.17 Å². The molecule has 2 aromatic heterocycles. The Labute approximate surface area is 195 Å². The number of alkyl halides is 1. The van der Waals surface area contributed by atoms with E-state index in [-0.39, 0.29) is 0 Å². The predicted molar refractivity (Wildman–Crippen MR) is 129 cm³/mol. The molecular weight excluding hydrogens is 449 g/mol. The van der Waals surface area contributed by atoms with Crippen LogP contribution in [0.2, 0.25) is 5.02 Å². The Balaban J connectivity index is 1.29. The lowest BCUT2D eigenvalue weighted by Crippen LogP contribution is -2.44. The summed E-state index contributed by atoms with van der Waals surface area (Å²) < 4.78 is 13.5. The van der Waals surface area contributed by atoms with Gasteiger partial charge in [0.1, 0.15) is 11.9 Å². The van der Waals surface area contributed by atoms with Crippen LogP contribution in [-0.4, -0.2) is 72.3 Å². The third-order valence-corrected chi connectivity index (χ3v) is 7.21. The summed E-state index contributed by atoms with van der Waals surface area (Å²) in [6.45, 7) is 5.30. The van der Waals surface area contributed by atoms with Crippen LogP contribution in [0.3, 0.4) is 0 Å². The first kappa shape index (κ1) is 21.4. The Morgan fingerprint density at radius 1 is 1.03 bits per heavy atom. The van der Waals surface area contributed by atoms with Gasteiger partial charge in [-0.15, -0.1) is 0 Å². The summed E-state index contributed by atoms with van der Waals surface area (Å²) in [4.78, 5) is 20.9. The Hall–Kier alpha value is -2.49. The number of thiazole rings is 1. The summed E-state index contributed by atoms with van der Waals surface area (Å²) in [6, 6.07) is 8.32. The highest BCUT2D eigenvalue weighted by Crippen LogP contribution is 2.35. The van der Waals surface area contributed by atoms with Crippen molar-refractivity contribution in [3.05, 3.63) is 41.7 Å². The molecule has 4 heterocycles. The first-order valence-corrected chi connectivity index (χ1v) is 11.9. The molecule has 32 heavy (non-hydrogen) atoms. The van der Waals surface area contributed by atoms with Crippen LogP contribution >= 0.6 is 22.9 Å². The van der Waals surface area contributed by atoms with Crippen LogP contribution in [0, 0.1) is 0 Å². The maximum Gasteiger partial charge on any atom is 0.227 e. The molecule has 5 rings (SSSR count). The van der Waals surface area contributed by atoms with Gasteiger partial charge in [-0.1, -0.05) is 22.9 Å². The molecule has 2 fully saturated rings. The Kier molecular flexibility index (Phi) is 6.12. The molecular formula is C22H25ClFN7S. The molecule has 7 nitrogen and oxygen atoms in total. The second kappa shape index (κ2) is 9.17. The van der Waals surface area contributed by atoms with Crippen molar-refractivity contribution >= 4 is 45.4 Å². The zero-order valence-electron chi connectivity index (χ0n) is 17.8. The summed E-state index contributed by atoms with van der Waals surface area (Å²) in [7, 11) is 2.16. The van der Waals surface area contributed by atoms with Gasteiger partial charge in [-0.25, -0.2) is 19.3 Å². The number of piperazine rings is 1. The van der Waals surface area contributed by atoms with Crippen molar-refractivity contribution in [3.63, 3.8) is 0 Å². The van der Waals surface area contributed by atoms with Crippen LogP contribution in [0.1, 0.15) is 6.42 Å². The van der Waals surface area contributed by atoms with Crippen molar-refractivity contribution in [2.45, 2.75) is 12.6 Å². The summed E-state index contributed by atoms with van der Waals surface area (Å²) >= 11 is 7.86. The van der Waals surface area contributed by atoms with Crippen molar-refractivity contribution in [1.29, 1.82) is 0 Å². The van der Waals surface area contributed by atoms with Gasteiger partial charge in [0, 0.05) is 50.3 Å². The molecule has 168 valence electrons. The minimum Gasteiger partial charge on any atom is -0.369 e. The van der Waals surface area contributed by atoms with Gasteiger partial charge in [0.25, 0.3) is 0 Å². The van der Waals surface area contributed by atoms with Gasteiger partial charge in [-0.2, -0.15) is 0 Å². The molecule has 10 heteroatoms. The molecule has 1 N–H and O–H groups in total. The SMILES string of the molecule is CN1CCN(c2ccc(Nc3ncc(Cl)c(-c4cnc(N5CCC(F)C5)s4)n3)cc2)CC1. The lowest BCUT2D eigenvalue weighted by atomic mass is 10.2. The molecule has 2 aliphatic heterocycles. The number of nitrogens with one attached hydrogen (secondary N) is 1. The third kappa shape index (κ3) is 4.65. The summed E-state index contributed by atoms with van der Waals surface area (Å²) in [5, 5.41) is 4.52. The topological polar surface area (TPSA) is 60.4 Å². The molecule has 1 aromatic carbocycles. The molecule has 1 atom stereocenters. The molecule has 0 aliphatic carbocycles. The van der Waals surface area contributed by atoms with Gasteiger partial charge in [0.05, 0.1) is 22.6 Å². The van der Waals surface area contributed by atoms with Crippen LogP contribution in [0.15, 0.2) is 36.7 Å². The average Bonchev–Trinajstić information content (AvgIpc) is 3.45. The monoisotopic (exact) mass is 473 g/mol.